The molecule has 0 aromatic rings. The summed E-state index contributed by atoms with van der Waals surface area (Å²) < 4.78 is 4.91. The number of hydrogen-bond acceptors (Lipinski definition) is 3. The monoisotopic (exact) mass is 215 g/mol. The molecule has 0 radical (unpaired) electrons. The van der Waals surface area contributed by atoms with Gasteiger partial charge >= 0.3 is 5.97 Å². The Hall–Kier alpha value is -0.610. The first-order valence-corrected chi connectivity index (χ1v) is 5.72. The summed E-state index contributed by atoms with van der Waals surface area (Å²) in [6.45, 7) is 0.497. The lowest BCUT2D eigenvalue weighted by atomic mass is 9.94. The van der Waals surface area contributed by atoms with Crippen molar-refractivity contribution in [2.24, 2.45) is 0 Å². The first kappa shape index (κ1) is 12.5. The molecule has 0 heterocycles. The fourth-order valence-electron chi connectivity index (χ4n) is 2.07. The Bertz CT molecular complexity index is 190. The van der Waals surface area contributed by atoms with Gasteiger partial charge in [0.2, 0.25) is 0 Å². The lowest BCUT2D eigenvalue weighted by molar-refractivity contribution is -0.140. The zero-order valence-corrected chi connectivity index (χ0v) is 9.37. The Labute approximate surface area is 91.0 Å². The molecule has 0 aliphatic heterocycles. The zero-order valence-electron chi connectivity index (χ0n) is 9.37. The van der Waals surface area contributed by atoms with Crippen LogP contribution < -0.4 is 5.32 Å². The first-order chi connectivity index (χ1) is 7.24. The molecule has 15 heavy (non-hydrogen) atoms. The standard InChI is InChI=1S/C11H21NO3/c1-15-8-7-10(11(13)14)12-9-5-3-2-4-6-9/h9-10,12H,2-8H2,1H3,(H,13,14). The Balaban J connectivity index is 2.31. The second-order valence-corrected chi connectivity index (χ2v) is 4.17. The highest BCUT2D eigenvalue weighted by atomic mass is 16.5. The van der Waals surface area contributed by atoms with E-state index in [2.05, 4.69) is 5.32 Å². The molecule has 4 heteroatoms. The maximum atomic E-state index is 11.0. The van der Waals surface area contributed by atoms with Gasteiger partial charge in [0.05, 0.1) is 0 Å². The van der Waals surface area contributed by atoms with Crippen LogP contribution in [-0.2, 0) is 9.53 Å². The number of methoxy groups -OCH3 is 1. The lowest BCUT2D eigenvalue weighted by Crippen LogP contribution is -2.44. The average Bonchev–Trinajstić information content (AvgIpc) is 2.25. The molecule has 1 aliphatic carbocycles. The van der Waals surface area contributed by atoms with Gasteiger partial charge in [-0.1, -0.05) is 19.3 Å². The third-order valence-corrected chi connectivity index (χ3v) is 2.95. The second kappa shape index (κ2) is 6.80. The molecule has 1 saturated carbocycles. The minimum absolute atomic E-state index is 0.386. The van der Waals surface area contributed by atoms with Gasteiger partial charge in [-0.05, 0) is 19.3 Å². The topological polar surface area (TPSA) is 58.6 Å². The summed E-state index contributed by atoms with van der Waals surface area (Å²) in [7, 11) is 1.60. The molecule has 1 atom stereocenters. The predicted octanol–water partition coefficient (Wildman–Crippen LogP) is 1.40. The molecule has 88 valence electrons. The number of carbonyl (C=O) groups is 1. The average molecular weight is 215 g/mol. The lowest BCUT2D eigenvalue weighted by Gasteiger charge is -2.26. The summed E-state index contributed by atoms with van der Waals surface area (Å²) >= 11 is 0. The van der Waals surface area contributed by atoms with Crippen molar-refractivity contribution in [1.82, 2.24) is 5.32 Å². The fraction of sp³-hybridized carbons (Fsp3) is 0.909. The normalized spacial score (nSPS) is 20.1. The van der Waals surface area contributed by atoms with Crippen molar-refractivity contribution in [2.75, 3.05) is 13.7 Å². The van der Waals surface area contributed by atoms with Gasteiger partial charge in [0, 0.05) is 19.8 Å². The third kappa shape index (κ3) is 4.62. The van der Waals surface area contributed by atoms with E-state index in [1.54, 1.807) is 7.11 Å². The Morgan fingerprint density at radius 2 is 2.13 bits per heavy atom. The van der Waals surface area contributed by atoms with E-state index in [-0.39, 0.29) is 0 Å². The molecule has 0 aromatic heterocycles. The number of carboxylic acids is 1. The van der Waals surface area contributed by atoms with Gasteiger partial charge in [-0.3, -0.25) is 4.79 Å². The van der Waals surface area contributed by atoms with Crippen LogP contribution in [0.2, 0.25) is 0 Å². The predicted molar refractivity (Wildman–Crippen MR) is 57.9 cm³/mol. The molecule has 0 spiro atoms. The van der Waals surface area contributed by atoms with Crippen LogP contribution in [0.15, 0.2) is 0 Å². The number of rotatable bonds is 6. The van der Waals surface area contributed by atoms with Crippen LogP contribution in [-0.4, -0.2) is 36.9 Å². The molecule has 2 N–H and O–H groups in total. The van der Waals surface area contributed by atoms with Crippen LogP contribution in [0.25, 0.3) is 0 Å². The van der Waals surface area contributed by atoms with Crippen molar-refractivity contribution in [3.05, 3.63) is 0 Å². The molecule has 0 amide bonds. The van der Waals surface area contributed by atoms with E-state index in [9.17, 15) is 4.79 Å². The van der Waals surface area contributed by atoms with Crippen molar-refractivity contribution in [3.8, 4) is 0 Å². The molecule has 1 unspecified atom stereocenters. The molecule has 1 rings (SSSR count). The van der Waals surface area contributed by atoms with Gasteiger partial charge in [-0.15, -0.1) is 0 Å². The Kier molecular flexibility index (Phi) is 5.65. The maximum absolute atomic E-state index is 11.0. The smallest absolute Gasteiger partial charge is 0.320 e. The summed E-state index contributed by atoms with van der Waals surface area (Å²) in [5.74, 6) is -0.766. The number of ether oxygens (including phenoxy) is 1. The Morgan fingerprint density at radius 1 is 1.47 bits per heavy atom. The van der Waals surface area contributed by atoms with Gasteiger partial charge in [0.15, 0.2) is 0 Å². The number of aliphatic carboxylic acids is 1. The van der Waals surface area contributed by atoms with E-state index in [0.717, 1.165) is 12.8 Å². The minimum atomic E-state index is -0.766. The summed E-state index contributed by atoms with van der Waals surface area (Å²) in [5, 5.41) is 12.2. The van der Waals surface area contributed by atoms with Gasteiger partial charge in [-0.2, -0.15) is 0 Å². The van der Waals surface area contributed by atoms with Crippen molar-refractivity contribution in [1.29, 1.82) is 0 Å². The summed E-state index contributed by atoms with van der Waals surface area (Å²) in [6, 6.07) is -0.0650. The summed E-state index contributed by atoms with van der Waals surface area (Å²) in [5.41, 5.74) is 0. The molecule has 1 fully saturated rings. The van der Waals surface area contributed by atoms with Gasteiger partial charge in [-0.25, -0.2) is 0 Å². The molecule has 0 aromatic carbocycles. The van der Waals surface area contributed by atoms with Crippen LogP contribution in [0.5, 0.6) is 0 Å². The van der Waals surface area contributed by atoms with Gasteiger partial charge in [0.25, 0.3) is 0 Å². The minimum Gasteiger partial charge on any atom is -0.480 e. The molecule has 4 nitrogen and oxygen atoms in total. The van der Waals surface area contributed by atoms with E-state index in [1.807, 2.05) is 0 Å². The van der Waals surface area contributed by atoms with E-state index in [1.165, 1.54) is 19.3 Å². The van der Waals surface area contributed by atoms with Crippen LogP contribution in [0.1, 0.15) is 38.5 Å². The van der Waals surface area contributed by atoms with Gasteiger partial charge < -0.3 is 15.2 Å². The van der Waals surface area contributed by atoms with Crippen molar-refractivity contribution in [3.63, 3.8) is 0 Å². The third-order valence-electron chi connectivity index (χ3n) is 2.95. The molecule has 1 aliphatic rings. The zero-order chi connectivity index (χ0) is 11.1. The van der Waals surface area contributed by atoms with E-state index in [4.69, 9.17) is 9.84 Å². The quantitative estimate of drug-likeness (QED) is 0.703. The van der Waals surface area contributed by atoms with Crippen LogP contribution in [0.3, 0.4) is 0 Å². The van der Waals surface area contributed by atoms with Crippen molar-refractivity contribution in [2.45, 2.75) is 50.6 Å². The number of nitrogens with one attached hydrogen (secondary N) is 1. The highest BCUT2D eigenvalue weighted by molar-refractivity contribution is 5.73. The number of hydrogen-bond donors (Lipinski definition) is 2. The van der Waals surface area contributed by atoms with E-state index < -0.39 is 12.0 Å². The summed E-state index contributed by atoms with van der Waals surface area (Å²) in [6.07, 6.45) is 6.48. The van der Waals surface area contributed by atoms with Gasteiger partial charge in [0.1, 0.15) is 6.04 Å². The van der Waals surface area contributed by atoms with Crippen LogP contribution >= 0.6 is 0 Å². The highest BCUT2D eigenvalue weighted by Gasteiger charge is 2.22. The van der Waals surface area contributed by atoms with Crippen molar-refractivity contribution >= 4 is 5.97 Å². The largest absolute Gasteiger partial charge is 0.480 e. The van der Waals surface area contributed by atoms with E-state index >= 15 is 0 Å². The second-order valence-electron chi connectivity index (χ2n) is 4.17. The fourth-order valence-corrected chi connectivity index (χ4v) is 2.07. The Morgan fingerprint density at radius 3 is 2.67 bits per heavy atom. The molecular weight excluding hydrogens is 194 g/mol. The van der Waals surface area contributed by atoms with Crippen LogP contribution in [0.4, 0.5) is 0 Å². The highest BCUT2D eigenvalue weighted by Crippen LogP contribution is 2.18. The SMILES string of the molecule is COCCC(NC1CCCCC1)C(=O)O. The maximum Gasteiger partial charge on any atom is 0.320 e. The number of carboxylic acid groups (broad SMARTS) is 1. The summed E-state index contributed by atoms with van der Waals surface area (Å²) in [4.78, 5) is 11.0. The molecule has 0 bridgehead atoms. The van der Waals surface area contributed by atoms with Crippen molar-refractivity contribution < 1.29 is 14.6 Å². The molecular formula is C11H21NO3. The van der Waals surface area contributed by atoms with Crippen LogP contribution in [0, 0.1) is 0 Å². The first-order valence-electron chi connectivity index (χ1n) is 5.72. The molecule has 0 saturated heterocycles. The van der Waals surface area contributed by atoms with E-state index in [0.29, 0.717) is 19.1 Å².